The summed E-state index contributed by atoms with van der Waals surface area (Å²) in [6.07, 6.45) is 0.348. The molecule has 0 aromatic heterocycles. The highest BCUT2D eigenvalue weighted by molar-refractivity contribution is 8.13. The van der Waals surface area contributed by atoms with Crippen LogP contribution in [-0.2, 0) is 11.2 Å². The standard InChI is InChI=1S/C16H25N3O2S/c1-5-22-14(17)19-13-8-6-12(7-9-13)10-11-18-15(20)21-16(2,3)4/h6-9H,5,10-11H2,1-4H3,(H2,17,19)(H,18,20). The van der Waals surface area contributed by atoms with Crippen LogP contribution in [0.25, 0.3) is 0 Å². The number of hydrogen-bond donors (Lipinski definition) is 2. The Hall–Kier alpha value is -1.69. The third kappa shape index (κ3) is 7.93. The average molecular weight is 323 g/mol. The minimum atomic E-state index is -0.472. The fourth-order valence-electron chi connectivity index (χ4n) is 1.67. The molecule has 0 heterocycles. The van der Waals surface area contributed by atoms with Crippen molar-refractivity contribution in [2.75, 3.05) is 12.3 Å². The number of nitrogens with two attached hydrogens (primary N) is 1. The number of hydrogen-bond acceptors (Lipinski definition) is 4. The quantitative estimate of drug-likeness (QED) is 0.643. The zero-order chi connectivity index (χ0) is 16.6. The predicted octanol–water partition coefficient (Wildman–Crippen LogP) is 3.45. The van der Waals surface area contributed by atoms with Gasteiger partial charge in [0.2, 0.25) is 0 Å². The molecule has 5 nitrogen and oxygen atoms in total. The highest BCUT2D eigenvalue weighted by Crippen LogP contribution is 2.15. The van der Waals surface area contributed by atoms with Crippen LogP contribution in [0, 0.1) is 0 Å². The fraction of sp³-hybridized carbons (Fsp3) is 0.500. The Morgan fingerprint density at radius 2 is 1.95 bits per heavy atom. The molecule has 0 atom stereocenters. The Morgan fingerprint density at radius 3 is 2.50 bits per heavy atom. The van der Waals surface area contributed by atoms with Crippen LogP contribution in [0.2, 0.25) is 0 Å². The van der Waals surface area contributed by atoms with Crippen molar-refractivity contribution >= 4 is 28.7 Å². The fourth-order valence-corrected chi connectivity index (χ4v) is 2.13. The van der Waals surface area contributed by atoms with E-state index in [1.54, 1.807) is 0 Å². The van der Waals surface area contributed by atoms with Gasteiger partial charge in [-0.15, -0.1) is 0 Å². The summed E-state index contributed by atoms with van der Waals surface area (Å²) in [5, 5.41) is 3.31. The molecule has 0 spiro atoms. The first-order chi connectivity index (χ1) is 10.3. The van der Waals surface area contributed by atoms with E-state index in [9.17, 15) is 4.79 Å². The van der Waals surface area contributed by atoms with E-state index in [2.05, 4.69) is 10.3 Å². The van der Waals surface area contributed by atoms with Crippen LogP contribution < -0.4 is 11.1 Å². The van der Waals surface area contributed by atoms with Gasteiger partial charge in [-0.1, -0.05) is 30.8 Å². The molecule has 0 saturated carbocycles. The van der Waals surface area contributed by atoms with Gasteiger partial charge in [-0.25, -0.2) is 9.79 Å². The molecule has 0 fully saturated rings. The lowest BCUT2D eigenvalue weighted by Gasteiger charge is -2.19. The van der Waals surface area contributed by atoms with Crippen LogP contribution in [0.5, 0.6) is 0 Å². The van der Waals surface area contributed by atoms with Gasteiger partial charge in [-0.2, -0.15) is 0 Å². The summed E-state index contributed by atoms with van der Waals surface area (Å²) >= 11 is 1.52. The molecular formula is C16H25N3O2S. The highest BCUT2D eigenvalue weighted by Gasteiger charge is 2.15. The second-order valence-corrected chi connectivity index (χ2v) is 7.01. The smallest absolute Gasteiger partial charge is 0.407 e. The molecule has 0 aliphatic heterocycles. The van der Waals surface area contributed by atoms with E-state index in [-0.39, 0.29) is 0 Å². The van der Waals surface area contributed by atoms with Crippen molar-refractivity contribution < 1.29 is 9.53 Å². The van der Waals surface area contributed by atoms with E-state index in [0.717, 1.165) is 23.4 Å². The molecular weight excluding hydrogens is 298 g/mol. The number of aliphatic imine (C=N–C) groups is 1. The van der Waals surface area contributed by atoms with Gasteiger partial charge in [0.05, 0.1) is 5.69 Å². The number of carbonyl (C=O) groups excluding carboxylic acids is 1. The van der Waals surface area contributed by atoms with E-state index in [1.807, 2.05) is 52.0 Å². The maximum absolute atomic E-state index is 11.5. The number of amidine groups is 1. The van der Waals surface area contributed by atoms with Crippen LogP contribution in [0.1, 0.15) is 33.3 Å². The normalized spacial score (nSPS) is 12.1. The minimum absolute atomic E-state index is 0.391. The molecule has 1 rings (SSSR count). The van der Waals surface area contributed by atoms with Gasteiger partial charge >= 0.3 is 6.09 Å². The van der Waals surface area contributed by atoms with Gasteiger partial charge in [-0.3, -0.25) is 0 Å². The molecule has 6 heteroatoms. The molecule has 0 aliphatic carbocycles. The van der Waals surface area contributed by atoms with Crippen molar-refractivity contribution in [1.29, 1.82) is 0 Å². The molecule has 22 heavy (non-hydrogen) atoms. The van der Waals surface area contributed by atoms with Crippen molar-refractivity contribution in [1.82, 2.24) is 5.32 Å². The second kappa shape index (κ2) is 8.68. The first kappa shape index (κ1) is 18.4. The van der Waals surface area contributed by atoms with Crippen molar-refractivity contribution in [3.63, 3.8) is 0 Å². The van der Waals surface area contributed by atoms with E-state index < -0.39 is 11.7 Å². The van der Waals surface area contributed by atoms with E-state index >= 15 is 0 Å². The number of nitrogens with zero attached hydrogens (tertiary/aromatic N) is 1. The SMILES string of the molecule is CCSC(N)=Nc1ccc(CCNC(=O)OC(C)(C)C)cc1. The Morgan fingerprint density at radius 1 is 1.32 bits per heavy atom. The van der Waals surface area contributed by atoms with Gasteiger partial charge in [0.1, 0.15) is 5.60 Å². The van der Waals surface area contributed by atoms with E-state index in [1.165, 1.54) is 11.8 Å². The third-order valence-electron chi connectivity index (χ3n) is 2.55. The lowest BCUT2D eigenvalue weighted by molar-refractivity contribution is 0.0528. The number of benzene rings is 1. The molecule has 0 aliphatic rings. The van der Waals surface area contributed by atoms with Crippen LogP contribution in [0.3, 0.4) is 0 Å². The number of nitrogens with one attached hydrogen (secondary N) is 1. The number of rotatable bonds is 5. The maximum atomic E-state index is 11.5. The highest BCUT2D eigenvalue weighted by atomic mass is 32.2. The first-order valence-corrected chi connectivity index (χ1v) is 8.31. The molecule has 3 N–H and O–H groups in total. The largest absolute Gasteiger partial charge is 0.444 e. The number of ether oxygens (including phenoxy) is 1. The number of thioether (sulfide) groups is 1. The second-order valence-electron chi connectivity index (χ2n) is 5.73. The third-order valence-corrected chi connectivity index (χ3v) is 3.23. The lowest BCUT2D eigenvalue weighted by atomic mass is 10.1. The monoisotopic (exact) mass is 323 g/mol. The number of carbonyl (C=O) groups is 1. The summed E-state index contributed by atoms with van der Waals surface area (Å²) in [4.78, 5) is 15.8. The van der Waals surface area contributed by atoms with E-state index in [0.29, 0.717) is 11.7 Å². The number of alkyl carbamates (subject to hydrolysis) is 1. The van der Waals surface area contributed by atoms with Gasteiger partial charge < -0.3 is 15.8 Å². The molecule has 0 bridgehead atoms. The molecule has 1 aromatic carbocycles. The van der Waals surface area contributed by atoms with Crippen molar-refractivity contribution in [2.45, 2.75) is 39.7 Å². The number of amides is 1. The zero-order valence-corrected chi connectivity index (χ0v) is 14.5. The van der Waals surface area contributed by atoms with Crippen LogP contribution >= 0.6 is 11.8 Å². The maximum Gasteiger partial charge on any atom is 0.407 e. The molecule has 0 unspecified atom stereocenters. The van der Waals surface area contributed by atoms with Crippen LogP contribution in [-0.4, -0.2) is 29.2 Å². The van der Waals surface area contributed by atoms with E-state index in [4.69, 9.17) is 10.5 Å². The first-order valence-electron chi connectivity index (χ1n) is 7.33. The van der Waals surface area contributed by atoms with Gasteiger partial charge in [0.25, 0.3) is 0 Å². The summed E-state index contributed by atoms with van der Waals surface area (Å²) in [6.45, 7) is 8.09. The summed E-state index contributed by atoms with van der Waals surface area (Å²) < 4.78 is 5.18. The summed E-state index contributed by atoms with van der Waals surface area (Å²) in [5.41, 5.74) is 7.26. The summed E-state index contributed by atoms with van der Waals surface area (Å²) in [6, 6.07) is 7.82. The van der Waals surface area contributed by atoms with Gasteiger partial charge in [-0.05, 0) is 50.6 Å². The van der Waals surface area contributed by atoms with Crippen LogP contribution in [0.4, 0.5) is 10.5 Å². The topological polar surface area (TPSA) is 76.7 Å². The molecule has 1 amide bonds. The minimum Gasteiger partial charge on any atom is -0.444 e. The Bertz CT molecular complexity index is 507. The van der Waals surface area contributed by atoms with Gasteiger partial charge in [0, 0.05) is 6.54 Å². The van der Waals surface area contributed by atoms with Crippen LogP contribution in [0.15, 0.2) is 29.3 Å². The molecule has 1 aromatic rings. The molecule has 122 valence electrons. The predicted molar refractivity (Wildman–Crippen MR) is 93.8 cm³/mol. The Labute approximate surface area is 136 Å². The van der Waals surface area contributed by atoms with Gasteiger partial charge in [0.15, 0.2) is 5.17 Å². The van der Waals surface area contributed by atoms with Crippen molar-refractivity contribution in [2.24, 2.45) is 10.7 Å². The van der Waals surface area contributed by atoms with Crippen molar-refractivity contribution in [3.8, 4) is 0 Å². The molecule has 0 radical (unpaired) electrons. The zero-order valence-electron chi connectivity index (χ0n) is 13.7. The Balaban J connectivity index is 2.42. The average Bonchev–Trinajstić information content (AvgIpc) is 2.39. The Kier molecular flexibility index (Phi) is 7.24. The summed E-state index contributed by atoms with van der Waals surface area (Å²) in [7, 11) is 0. The van der Waals surface area contributed by atoms with Crippen molar-refractivity contribution in [3.05, 3.63) is 29.8 Å². The molecule has 0 saturated heterocycles. The lowest BCUT2D eigenvalue weighted by Crippen LogP contribution is -2.33. The summed E-state index contributed by atoms with van der Waals surface area (Å²) in [5.74, 6) is 0.906.